The molecule has 0 amide bonds. The fourth-order valence-electron chi connectivity index (χ4n) is 1.63. The first-order valence-corrected chi connectivity index (χ1v) is 5.65. The van der Waals surface area contributed by atoms with E-state index >= 15 is 0 Å². The van der Waals surface area contributed by atoms with Crippen LogP contribution in [0.2, 0.25) is 0 Å². The Bertz CT molecular complexity index is 488. The van der Waals surface area contributed by atoms with Gasteiger partial charge in [0.05, 0.1) is 6.04 Å². The van der Waals surface area contributed by atoms with Gasteiger partial charge in [-0.25, -0.2) is 0 Å². The standard InChI is InChI=1S/C11H17N5O/c1-7(2)6-8(12)11-13-10(15-17-11)9-4-5-16(3)14-9/h4-5,7-8H,6,12H2,1-3H3/t8-/m0/s1. The van der Waals surface area contributed by atoms with Crippen LogP contribution in [0.1, 0.15) is 32.2 Å². The van der Waals surface area contributed by atoms with E-state index < -0.39 is 0 Å². The molecule has 0 aliphatic rings. The lowest BCUT2D eigenvalue weighted by atomic mass is 10.0. The van der Waals surface area contributed by atoms with Crippen molar-refractivity contribution < 1.29 is 4.52 Å². The number of rotatable bonds is 4. The van der Waals surface area contributed by atoms with Crippen LogP contribution in [0.5, 0.6) is 0 Å². The zero-order chi connectivity index (χ0) is 12.4. The second-order valence-corrected chi connectivity index (χ2v) is 4.57. The van der Waals surface area contributed by atoms with Gasteiger partial charge in [-0.1, -0.05) is 19.0 Å². The van der Waals surface area contributed by atoms with Gasteiger partial charge >= 0.3 is 0 Å². The van der Waals surface area contributed by atoms with Crippen LogP contribution in [0.25, 0.3) is 11.5 Å². The highest BCUT2D eigenvalue weighted by atomic mass is 16.5. The zero-order valence-corrected chi connectivity index (χ0v) is 10.3. The molecule has 2 aromatic rings. The lowest BCUT2D eigenvalue weighted by molar-refractivity contribution is 0.335. The largest absolute Gasteiger partial charge is 0.337 e. The molecule has 92 valence electrons. The number of nitrogens with two attached hydrogens (primary N) is 1. The summed E-state index contributed by atoms with van der Waals surface area (Å²) in [7, 11) is 1.84. The van der Waals surface area contributed by atoms with Crippen molar-refractivity contribution in [3.8, 4) is 11.5 Å². The predicted octanol–water partition coefficient (Wildman–Crippen LogP) is 1.52. The number of aryl methyl sites for hydroxylation is 1. The van der Waals surface area contributed by atoms with Crippen molar-refractivity contribution in [1.82, 2.24) is 19.9 Å². The summed E-state index contributed by atoms with van der Waals surface area (Å²) in [5.74, 6) is 1.45. The molecule has 17 heavy (non-hydrogen) atoms. The molecule has 0 aliphatic heterocycles. The number of hydrogen-bond acceptors (Lipinski definition) is 5. The summed E-state index contributed by atoms with van der Waals surface area (Å²) < 4.78 is 6.85. The third-order valence-corrected chi connectivity index (χ3v) is 2.43. The maximum atomic E-state index is 5.97. The quantitative estimate of drug-likeness (QED) is 0.868. The summed E-state index contributed by atoms with van der Waals surface area (Å²) in [6.45, 7) is 4.21. The van der Waals surface area contributed by atoms with Crippen molar-refractivity contribution in [3.05, 3.63) is 18.2 Å². The molecule has 1 atom stereocenters. The van der Waals surface area contributed by atoms with Crippen LogP contribution in [-0.2, 0) is 7.05 Å². The van der Waals surface area contributed by atoms with Crippen molar-refractivity contribution >= 4 is 0 Å². The molecular weight excluding hydrogens is 218 g/mol. The molecule has 0 aromatic carbocycles. The van der Waals surface area contributed by atoms with Gasteiger partial charge in [-0.3, -0.25) is 4.68 Å². The van der Waals surface area contributed by atoms with E-state index in [0.29, 0.717) is 23.3 Å². The van der Waals surface area contributed by atoms with E-state index in [-0.39, 0.29) is 6.04 Å². The Morgan fingerprint density at radius 3 is 2.82 bits per heavy atom. The first-order valence-electron chi connectivity index (χ1n) is 5.65. The topological polar surface area (TPSA) is 82.8 Å². The van der Waals surface area contributed by atoms with Crippen molar-refractivity contribution in [3.63, 3.8) is 0 Å². The van der Waals surface area contributed by atoms with Crippen LogP contribution >= 0.6 is 0 Å². The minimum absolute atomic E-state index is 0.208. The van der Waals surface area contributed by atoms with Crippen molar-refractivity contribution in [2.45, 2.75) is 26.3 Å². The summed E-state index contributed by atoms with van der Waals surface area (Å²) in [5.41, 5.74) is 6.66. The van der Waals surface area contributed by atoms with Gasteiger partial charge in [0.1, 0.15) is 5.69 Å². The van der Waals surface area contributed by atoms with E-state index in [1.54, 1.807) is 4.68 Å². The van der Waals surface area contributed by atoms with Gasteiger partial charge in [0.2, 0.25) is 11.7 Å². The molecule has 2 heterocycles. The molecule has 2 N–H and O–H groups in total. The van der Waals surface area contributed by atoms with Crippen LogP contribution in [0.3, 0.4) is 0 Å². The molecule has 0 saturated carbocycles. The second-order valence-electron chi connectivity index (χ2n) is 4.57. The smallest absolute Gasteiger partial charge is 0.243 e. The zero-order valence-electron chi connectivity index (χ0n) is 10.3. The highest BCUT2D eigenvalue weighted by molar-refractivity contribution is 5.46. The molecule has 2 aromatic heterocycles. The highest BCUT2D eigenvalue weighted by Crippen LogP contribution is 2.20. The molecule has 0 aliphatic carbocycles. The minimum Gasteiger partial charge on any atom is -0.337 e. The van der Waals surface area contributed by atoms with Gasteiger partial charge in [0.25, 0.3) is 0 Å². The third kappa shape index (κ3) is 2.71. The predicted molar refractivity (Wildman–Crippen MR) is 62.9 cm³/mol. The molecule has 6 heteroatoms. The van der Waals surface area contributed by atoms with Crippen LogP contribution in [0.4, 0.5) is 0 Å². The van der Waals surface area contributed by atoms with Crippen LogP contribution < -0.4 is 5.73 Å². The molecule has 2 rings (SSSR count). The van der Waals surface area contributed by atoms with E-state index in [1.165, 1.54) is 0 Å². The molecule has 6 nitrogen and oxygen atoms in total. The highest BCUT2D eigenvalue weighted by Gasteiger charge is 2.17. The Morgan fingerprint density at radius 1 is 1.47 bits per heavy atom. The number of aromatic nitrogens is 4. The average Bonchev–Trinajstić information content (AvgIpc) is 2.84. The minimum atomic E-state index is -0.208. The summed E-state index contributed by atoms with van der Waals surface area (Å²) >= 11 is 0. The summed E-state index contributed by atoms with van der Waals surface area (Å²) in [5, 5.41) is 8.09. The molecule has 0 saturated heterocycles. The Hall–Kier alpha value is -1.69. The van der Waals surface area contributed by atoms with Gasteiger partial charge in [0.15, 0.2) is 0 Å². The number of nitrogens with zero attached hydrogens (tertiary/aromatic N) is 4. The Labute approximate surface area is 99.8 Å². The molecule has 0 spiro atoms. The Morgan fingerprint density at radius 2 is 2.24 bits per heavy atom. The molecule has 0 fully saturated rings. The SMILES string of the molecule is CC(C)C[C@H](N)c1nc(-c2ccn(C)n2)no1. The van der Waals surface area contributed by atoms with Crippen molar-refractivity contribution in [2.24, 2.45) is 18.7 Å². The molecule has 0 unspecified atom stereocenters. The molecular formula is C11H17N5O. The van der Waals surface area contributed by atoms with Crippen LogP contribution in [0.15, 0.2) is 16.8 Å². The Balaban J connectivity index is 2.15. The van der Waals surface area contributed by atoms with E-state index in [2.05, 4.69) is 29.1 Å². The summed E-state index contributed by atoms with van der Waals surface area (Å²) in [6.07, 6.45) is 2.66. The van der Waals surface area contributed by atoms with Crippen LogP contribution in [0, 0.1) is 5.92 Å². The maximum absolute atomic E-state index is 5.97. The summed E-state index contributed by atoms with van der Waals surface area (Å²) in [6, 6.07) is 1.63. The van der Waals surface area contributed by atoms with Gasteiger partial charge in [-0.15, -0.1) is 0 Å². The molecule has 0 radical (unpaired) electrons. The fraction of sp³-hybridized carbons (Fsp3) is 0.545. The first kappa shape index (κ1) is 11.8. The van der Waals surface area contributed by atoms with E-state index in [1.807, 2.05) is 19.3 Å². The lowest BCUT2D eigenvalue weighted by Gasteiger charge is -2.08. The van der Waals surface area contributed by atoms with Crippen molar-refractivity contribution in [1.29, 1.82) is 0 Å². The maximum Gasteiger partial charge on any atom is 0.243 e. The monoisotopic (exact) mass is 235 g/mol. The van der Waals surface area contributed by atoms with Crippen LogP contribution in [-0.4, -0.2) is 19.9 Å². The average molecular weight is 235 g/mol. The van der Waals surface area contributed by atoms with Gasteiger partial charge in [0, 0.05) is 13.2 Å². The van der Waals surface area contributed by atoms with Crippen molar-refractivity contribution in [2.75, 3.05) is 0 Å². The van der Waals surface area contributed by atoms with E-state index in [9.17, 15) is 0 Å². The fourth-order valence-corrected chi connectivity index (χ4v) is 1.63. The first-order chi connectivity index (χ1) is 8.06. The Kier molecular flexibility index (Phi) is 3.23. The number of hydrogen-bond donors (Lipinski definition) is 1. The van der Waals surface area contributed by atoms with Gasteiger partial charge in [-0.2, -0.15) is 10.1 Å². The van der Waals surface area contributed by atoms with Gasteiger partial charge in [-0.05, 0) is 18.4 Å². The third-order valence-electron chi connectivity index (χ3n) is 2.43. The lowest BCUT2D eigenvalue weighted by Crippen LogP contribution is -2.13. The summed E-state index contributed by atoms with van der Waals surface area (Å²) in [4.78, 5) is 4.27. The van der Waals surface area contributed by atoms with E-state index in [0.717, 1.165) is 6.42 Å². The molecule has 0 bridgehead atoms. The normalized spacial score (nSPS) is 13.2. The van der Waals surface area contributed by atoms with Gasteiger partial charge < -0.3 is 10.3 Å². The second kappa shape index (κ2) is 4.67. The van der Waals surface area contributed by atoms with E-state index in [4.69, 9.17) is 10.3 Å².